The van der Waals surface area contributed by atoms with Crippen molar-refractivity contribution in [1.29, 1.82) is 5.41 Å². The van der Waals surface area contributed by atoms with Crippen molar-refractivity contribution in [2.75, 3.05) is 0 Å². The molecule has 0 radical (unpaired) electrons. The van der Waals surface area contributed by atoms with E-state index in [2.05, 4.69) is 5.43 Å². The van der Waals surface area contributed by atoms with E-state index in [0.717, 1.165) is 0 Å². The van der Waals surface area contributed by atoms with E-state index in [-0.39, 0.29) is 10.3 Å². The number of hydrogen-bond donors (Lipinski definition) is 3. The second-order valence-electron chi connectivity index (χ2n) is 0.985. The van der Waals surface area contributed by atoms with Crippen LogP contribution >= 0.6 is 23.2 Å². The van der Waals surface area contributed by atoms with Crippen LogP contribution in [0.3, 0.4) is 0 Å². The normalized spacial score (nSPS) is 11.1. The second-order valence-corrected chi connectivity index (χ2v) is 1.80. The first kappa shape index (κ1) is 7.75. The van der Waals surface area contributed by atoms with Crippen molar-refractivity contribution in [3.05, 3.63) is 11.2 Å². The molecule has 0 fully saturated rings. The van der Waals surface area contributed by atoms with Gasteiger partial charge in [-0.05, 0) is 0 Å². The van der Waals surface area contributed by atoms with Gasteiger partial charge in [-0.3, -0.25) is 5.41 Å². The van der Waals surface area contributed by atoms with Crippen molar-refractivity contribution in [2.24, 2.45) is 5.84 Å². The smallest absolute Gasteiger partial charge is 0.123 e. The Labute approximate surface area is 56.9 Å². The van der Waals surface area contributed by atoms with Gasteiger partial charge in [0, 0.05) is 6.08 Å². The maximum Gasteiger partial charge on any atom is 0.123 e. The third kappa shape index (κ3) is 3.92. The fourth-order valence-electron chi connectivity index (χ4n) is 0.153. The molecule has 8 heavy (non-hydrogen) atoms. The third-order valence-corrected chi connectivity index (χ3v) is 0.719. The summed E-state index contributed by atoms with van der Waals surface area (Å²) in [5.74, 6) is 4.81. The Balaban J connectivity index is 3.75. The van der Waals surface area contributed by atoms with Gasteiger partial charge in [-0.1, -0.05) is 23.2 Å². The molecular weight excluding hydrogens is 149 g/mol. The number of rotatable bonds is 2. The summed E-state index contributed by atoms with van der Waals surface area (Å²) in [5.41, 5.74) is 2.10. The van der Waals surface area contributed by atoms with Gasteiger partial charge in [0.05, 0.1) is 0 Å². The second kappa shape index (κ2) is 3.72. The summed E-state index contributed by atoms with van der Waals surface area (Å²) in [4.78, 5) is 0. The fourth-order valence-corrected chi connectivity index (χ4v) is 0.427. The number of allylic oxidation sites excluding steroid dienone is 1. The maximum absolute atomic E-state index is 6.64. The van der Waals surface area contributed by atoms with E-state index in [1.165, 1.54) is 6.08 Å². The predicted molar refractivity (Wildman–Crippen MR) is 34.8 cm³/mol. The lowest BCUT2D eigenvalue weighted by molar-refractivity contribution is 0.947. The highest BCUT2D eigenvalue weighted by atomic mass is 35.5. The SMILES string of the molecule is N=C(Cl)/C=C(/Cl)NN. The van der Waals surface area contributed by atoms with Crippen LogP contribution in [0.2, 0.25) is 0 Å². The lowest BCUT2D eigenvalue weighted by Gasteiger charge is -1.90. The molecule has 0 aromatic heterocycles. The highest BCUT2D eigenvalue weighted by Gasteiger charge is 1.85. The Hall–Kier alpha value is -0.250. The van der Waals surface area contributed by atoms with Crippen molar-refractivity contribution in [3.63, 3.8) is 0 Å². The van der Waals surface area contributed by atoms with Gasteiger partial charge >= 0.3 is 0 Å². The summed E-state index contributed by atoms with van der Waals surface area (Å²) in [6.45, 7) is 0. The van der Waals surface area contributed by atoms with E-state index in [1.54, 1.807) is 0 Å². The Morgan fingerprint density at radius 3 is 2.25 bits per heavy atom. The summed E-state index contributed by atoms with van der Waals surface area (Å²) >= 11 is 10.3. The molecule has 0 rings (SSSR count). The molecule has 0 aliphatic rings. The summed E-state index contributed by atoms with van der Waals surface area (Å²) < 4.78 is 0. The molecule has 0 unspecified atom stereocenters. The van der Waals surface area contributed by atoms with E-state index in [4.69, 9.17) is 34.5 Å². The monoisotopic (exact) mass is 153 g/mol. The number of nitrogens with two attached hydrogens (primary N) is 1. The molecule has 0 aromatic carbocycles. The molecule has 5 heteroatoms. The molecule has 0 aromatic rings. The van der Waals surface area contributed by atoms with E-state index in [0.29, 0.717) is 0 Å². The van der Waals surface area contributed by atoms with Gasteiger partial charge in [0.2, 0.25) is 0 Å². The molecule has 0 aliphatic carbocycles. The van der Waals surface area contributed by atoms with Crippen LogP contribution in [0.4, 0.5) is 0 Å². The molecule has 0 heterocycles. The quantitative estimate of drug-likeness (QED) is 0.238. The lowest BCUT2D eigenvalue weighted by Crippen LogP contribution is -2.17. The molecule has 46 valence electrons. The third-order valence-electron chi connectivity index (χ3n) is 0.391. The first-order chi connectivity index (χ1) is 3.66. The number of halogens is 2. The van der Waals surface area contributed by atoms with Gasteiger partial charge in [-0.2, -0.15) is 0 Å². The minimum atomic E-state index is -0.159. The minimum absolute atomic E-state index is 0.144. The maximum atomic E-state index is 6.64. The molecule has 0 saturated heterocycles. The van der Waals surface area contributed by atoms with Crippen molar-refractivity contribution >= 4 is 28.4 Å². The standard InChI is InChI=1S/C3H5Cl2N3/c4-2(6)1-3(5)8-7/h1,6,8H,7H2/b3-1-,6-2?. The molecule has 4 N–H and O–H groups in total. The van der Waals surface area contributed by atoms with Crippen LogP contribution in [0.1, 0.15) is 0 Å². The fraction of sp³-hybridized carbons (Fsp3) is 0. The topological polar surface area (TPSA) is 61.9 Å². The van der Waals surface area contributed by atoms with Gasteiger partial charge in [0.1, 0.15) is 10.3 Å². The van der Waals surface area contributed by atoms with Crippen LogP contribution in [-0.4, -0.2) is 5.17 Å². The zero-order valence-electron chi connectivity index (χ0n) is 3.91. The van der Waals surface area contributed by atoms with E-state index < -0.39 is 0 Å². The van der Waals surface area contributed by atoms with E-state index >= 15 is 0 Å². The van der Waals surface area contributed by atoms with Gasteiger partial charge in [0.15, 0.2) is 0 Å². The van der Waals surface area contributed by atoms with Crippen LogP contribution in [0.5, 0.6) is 0 Å². The molecule has 0 saturated carbocycles. The Morgan fingerprint density at radius 1 is 1.62 bits per heavy atom. The predicted octanol–water partition coefficient (Wildman–Crippen LogP) is 0.746. The zero-order chi connectivity index (χ0) is 6.57. The summed E-state index contributed by atoms with van der Waals surface area (Å²) in [7, 11) is 0. The van der Waals surface area contributed by atoms with Crippen molar-refractivity contribution in [2.45, 2.75) is 0 Å². The van der Waals surface area contributed by atoms with Crippen molar-refractivity contribution < 1.29 is 0 Å². The number of nitrogens with one attached hydrogen (secondary N) is 2. The molecular formula is C3H5Cl2N3. The molecule has 0 aliphatic heterocycles. The first-order valence-corrected chi connectivity index (χ1v) is 2.50. The Kier molecular flexibility index (Phi) is 3.60. The van der Waals surface area contributed by atoms with Crippen LogP contribution < -0.4 is 11.3 Å². The van der Waals surface area contributed by atoms with E-state index in [1.807, 2.05) is 0 Å². The van der Waals surface area contributed by atoms with Crippen molar-refractivity contribution in [1.82, 2.24) is 5.43 Å². The van der Waals surface area contributed by atoms with Gasteiger partial charge in [-0.25, -0.2) is 5.84 Å². The molecule has 0 spiro atoms. The summed E-state index contributed by atoms with van der Waals surface area (Å²) in [6.07, 6.45) is 1.18. The zero-order valence-corrected chi connectivity index (χ0v) is 5.42. The van der Waals surface area contributed by atoms with Crippen LogP contribution in [0, 0.1) is 5.41 Å². The average Bonchev–Trinajstić information content (AvgIpc) is 1.65. The lowest BCUT2D eigenvalue weighted by atomic mass is 10.7. The highest BCUT2D eigenvalue weighted by Crippen LogP contribution is 1.94. The largest absolute Gasteiger partial charge is 0.314 e. The van der Waals surface area contributed by atoms with E-state index in [9.17, 15) is 0 Å². The molecule has 0 atom stereocenters. The van der Waals surface area contributed by atoms with Crippen molar-refractivity contribution in [3.8, 4) is 0 Å². The first-order valence-electron chi connectivity index (χ1n) is 1.74. The van der Waals surface area contributed by atoms with Crippen LogP contribution in [0.15, 0.2) is 11.2 Å². The Bertz CT molecular complexity index is 120. The van der Waals surface area contributed by atoms with Crippen LogP contribution in [-0.2, 0) is 0 Å². The Morgan fingerprint density at radius 2 is 2.12 bits per heavy atom. The average molecular weight is 154 g/mol. The van der Waals surface area contributed by atoms with Gasteiger partial charge in [0.25, 0.3) is 0 Å². The van der Waals surface area contributed by atoms with Gasteiger partial charge < -0.3 is 5.43 Å². The molecule has 3 nitrogen and oxygen atoms in total. The number of hydrogen-bond acceptors (Lipinski definition) is 3. The highest BCUT2D eigenvalue weighted by molar-refractivity contribution is 6.68. The molecule has 0 bridgehead atoms. The summed E-state index contributed by atoms with van der Waals surface area (Å²) in [5, 5.41) is 6.62. The van der Waals surface area contributed by atoms with Crippen LogP contribution in [0.25, 0.3) is 0 Å². The number of hydrazine groups is 1. The summed E-state index contributed by atoms with van der Waals surface area (Å²) in [6, 6.07) is 0. The van der Waals surface area contributed by atoms with Gasteiger partial charge in [-0.15, -0.1) is 0 Å². The minimum Gasteiger partial charge on any atom is -0.314 e. The molecule has 0 amide bonds.